The van der Waals surface area contributed by atoms with Gasteiger partial charge >= 0.3 is 0 Å². The molecule has 0 saturated carbocycles. The molecule has 0 aromatic heterocycles. The van der Waals surface area contributed by atoms with Gasteiger partial charge in [-0.05, 0) is 60.4 Å². The van der Waals surface area contributed by atoms with E-state index in [4.69, 9.17) is 9.47 Å². The van der Waals surface area contributed by atoms with Gasteiger partial charge in [0.25, 0.3) is 5.91 Å². The van der Waals surface area contributed by atoms with E-state index in [1.807, 2.05) is 36.4 Å². The number of aryl methyl sites for hydroxylation is 1. The number of carbonyl (C=O) groups is 2. The van der Waals surface area contributed by atoms with Crippen molar-refractivity contribution in [1.82, 2.24) is 10.7 Å². The van der Waals surface area contributed by atoms with Gasteiger partial charge in [-0.1, -0.05) is 24.8 Å². The predicted molar refractivity (Wildman–Crippen MR) is 117 cm³/mol. The Balaban J connectivity index is 1.61. The smallest absolute Gasteiger partial charge is 0.259 e. The van der Waals surface area contributed by atoms with Crippen LogP contribution in [-0.4, -0.2) is 38.3 Å². The minimum atomic E-state index is -0.388. The van der Waals surface area contributed by atoms with Crippen molar-refractivity contribution in [1.29, 1.82) is 0 Å². The van der Waals surface area contributed by atoms with Gasteiger partial charge in [-0.15, -0.1) is 0 Å². The van der Waals surface area contributed by atoms with E-state index in [2.05, 4.69) is 22.4 Å². The quantitative estimate of drug-likeness (QED) is 0.321. The number of benzene rings is 2. The lowest BCUT2D eigenvalue weighted by molar-refractivity contribution is -0.126. The van der Waals surface area contributed by atoms with Gasteiger partial charge in [0.2, 0.25) is 5.91 Å². The highest BCUT2D eigenvalue weighted by Gasteiger charge is 2.05. The van der Waals surface area contributed by atoms with Crippen LogP contribution in [0.5, 0.6) is 11.5 Å². The predicted octanol–water partition coefficient (Wildman–Crippen LogP) is 2.85. The van der Waals surface area contributed by atoms with Gasteiger partial charge in [-0.25, -0.2) is 5.43 Å². The lowest BCUT2D eigenvalue weighted by atomic mass is 10.1. The summed E-state index contributed by atoms with van der Waals surface area (Å²) in [5.74, 6) is 0.976. The molecule has 0 aliphatic carbocycles. The minimum absolute atomic E-state index is 0.118. The third kappa shape index (κ3) is 8.60. The first-order valence-electron chi connectivity index (χ1n) is 9.66. The van der Waals surface area contributed by atoms with Gasteiger partial charge in [0.05, 0.1) is 19.9 Å². The van der Waals surface area contributed by atoms with Gasteiger partial charge in [-0.2, -0.15) is 5.10 Å². The Morgan fingerprint density at radius 3 is 2.40 bits per heavy atom. The van der Waals surface area contributed by atoms with E-state index >= 15 is 0 Å². The van der Waals surface area contributed by atoms with Crippen LogP contribution < -0.4 is 20.2 Å². The highest BCUT2D eigenvalue weighted by Crippen LogP contribution is 2.13. The first kappa shape index (κ1) is 22.7. The number of hydrogen-bond donors (Lipinski definition) is 2. The van der Waals surface area contributed by atoms with Crippen molar-refractivity contribution in [3.05, 3.63) is 72.3 Å². The number of methoxy groups -OCH3 is 1. The fourth-order valence-corrected chi connectivity index (χ4v) is 2.54. The Labute approximate surface area is 176 Å². The van der Waals surface area contributed by atoms with Crippen LogP contribution >= 0.6 is 0 Å². The van der Waals surface area contributed by atoms with Crippen LogP contribution in [0.1, 0.15) is 24.0 Å². The van der Waals surface area contributed by atoms with Crippen LogP contribution in [0.15, 0.2) is 66.3 Å². The van der Waals surface area contributed by atoms with E-state index in [1.54, 1.807) is 25.3 Å². The number of hydrogen-bond acceptors (Lipinski definition) is 5. The molecule has 0 heterocycles. The number of nitrogens with zero attached hydrogens (tertiary/aromatic N) is 1. The largest absolute Gasteiger partial charge is 0.497 e. The molecule has 0 atom stereocenters. The zero-order chi connectivity index (χ0) is 21.6. The number of amides is 2. The third-order valence-electron chi connectivity index (χ3n) is 4.13. The van der Waals surface area contributed by atoms with Gasteiger partial charge in [-0.3, -0.25) is 9.59 Å². The number of carbonyl (C=O) groups excluding carboxylic acids is 2. The maximum atomic E-state index is 11.9. The molecule has 158 valence electrons. The summed E-state index contributed by atoms with van der Waals surface area (Å²) in [4.78, 5) is 23.7. The summed E-state index contributed by atoms with van der Waals surface area (Å²) in [5.41, 5.74) is 4.33. The first-order valence-corrected chi connectivity index (χ1v) is 9.66. The van der Waals surface area contributed by atoms with Gasteiger partial charge in [0, 0.05) is 6.42 Å². The Morgan fingerprint density at radius 2 is 1.73 bits per heavy atom. The summed E-state index contributed by atoms with van der Waals surface area (Å²) in [6.45, 7) is 3.92. The van der Waals surface area contributed by atoms with Gasteiger partial charge in [0.15, 0.2) is 0 Å². The molecule has 0 aliphatic rings. The average molecular weight is 409 g/mol. The summed E-state index contributed by atoms with van der Waals surface area (Å²) in [7, 11) is 1.62. The van der Waals surface area contributed by atoms with Crippen molar-refractivity contribution in [3.8, 4) is 11.5 Å². The molecular weight excluding hydrogens is 382 g/mol. The molecule has 2 amide bonds. The molecular formula is C23H27N3O4. The van der Waals surface area contributed by atoms with Crippen LogP contribution in [0.25, 0.3) is 0 Å². The molecule has 0 radical (unpaired) electrons. The average Bonchev–Trinajstić information content (AvgIpc) is 2.77. The van der Waals surface area contributed by atoms with Crippen molar-refractivity contribution in [2.75, 3.05) is 20.3 Å². The molecule has 30 heavy (non-hydrogen) atoms. The molecule has 7 heteroatoms. The topological polar surface area (TPSA) is 89.0 Å². The van der Waals surface area contributed by atoms with Crippen molar-refractivity contribution in [2.24, 2.45) is 5.10 Å². The van der Waals surface area contributed by atoms with E-state index in [9.17, 15) is 9.59 Å². The number of ether oxygens (including phenoxy) is 2. The Hall–Kier alpha value is -3.61. The van der Waals surface area contributed by atoms with Crippen LogP contribution in [0.4, 0.5) is 0 Å². The van der Waals surface area contributed by atoms with Crippen LogP contribution in [-0.2, 0) is 16.0 Å². The Kier molecular flexibility index (Phi) is 9.65. The van der Waals surface area contributed by atoms with Crippen molar-refractivity contribution in [3.63, 3.8) is 0 Å². The summed E-state index contributed by atoms with van der Waals surface area (Å²) in [5, 5.41) is 6.48. The molecule has 2 N–H and O–H groups in total. The van der Waals surface area contributed by atoms with Gasteiger partial charge in [0.1, 0.15) is 18.1 Å². The zero-order valence-electron chi connectivity index (χ0n) is 17.1. The molecule has 0 unspecified atom stereocenters. The van der Waals surface area contributed by atoms with E-state index in [0.29, 0.717) is 19.4 Å². The lowest BCUT2D eigenvalue weighted by Gasteiger charge is -2.05. The second-order valence-electron chi connectivity index (χ2n) is 6.44. The third-order valence-corrected chi connectivity index (χ3v) is 4.13. The fraction of sp³-hybridized carbons (Fsp3) is 0.261. The summed E-state index contributed by atoms with van der Waals surface area (Å²) in [6.07, 6.45) is 5.02. The number of nitrogens with one attached hydrogen (secondary N) is 2. The minimum Gasteiger partial charge on any atom is -0.497 e. The summed E-state index contributed by atoms with van der Waals surface area (Å²) in [6, 6.07) is 15.0. The highest BCUT2D eigenvalue weighted by atomic mass is 16.5. The second kappa shape index (κ2) is 12.8. The second-order valence-corrected chi connectivity index (χ2v) is 6.44. The van der Waals surface area contributed by atoms with Crippen LogP contribution in [0.3, 0.4) is 0 Å². The van der Waals surface area contributed by atoms with E-state index < -0.39 is 0 Å². The molecule has 2 rings (SSSR count). The maximum Gasteiger partial charge on any atom is 0.259 e. The normalized spacial score (nSPS) is 10.4. The zero-order valence-corrected chi connectivity index (χ0v) is 17.1. The van der Waals surface area contributed by atoms with Crippen LogP contribution in [0.2, 0.25) is 0 Å². The Bertz CT molecular complexity index is 846. The molecule has 2 aromatic carbocycles. The van der Waals surface area contributed by atoms with E-state index in [-0.39, 0.29) is 18.4 Å². The van der Waals surface area contributed by atoms with Crippen molar-refractivity contribution in [2.45, 2.75) is 19.3 Å². The first-order chi connectivity index (χ1) is 14.6. The molecule has 2 aromatic rings. The van der Waals surface area contributed by atoms with Gasteiger partial charge < -0.3 is 14.8 Å². The van der Waals surface area contributed by atoms with Crippen molar-refractivity contribution < 1.29 is 19.1 Å². The standard InChI is InChI=1S/C23H27N3O4/c1-3-15-30-21-13-9-19(10-14-21)16-25-26-23(28)17-24-22(27)6-4-5-18-7-11-20(29-2)12-8-18/h3,7-14,16H,1,4-6,15,17H2,2H3,(H,24,27)(H,26,28)/b25-16+. The summed E-state index contributed by atoms with van der Waals surface area (Å²) < 4.78 is 10.5. The number of rotatable bonds is 12. The number of hydrazone groups is 1. The molecule has 0 bridgehead atoms. The van der Waals surface area contributed by atoms with E-state index in [0.717, 1.165) is 29.0 Å². The fourth-order valence-electron chi connectivity index (χ4n) is 2.54. The maximum absolute atomic E-state index is 11.9. The molecule has 0 fully saturated rings. The Morgan fingerprint density at radius 1 is 1.03 bits per heavy atom. The highest BCUT2D eigenvalue weighted by molar-refractivity contribution is 5.86. The van der Waals surface area contributed by atoms with Crippen molar-refractivity contribution >= 4 is 18.0 Å². The summed E-state index contributed by atoms with van der Waals surface area (Å²) >= 11 is 0. The van der Waals surface area contributed by atoms with Crippen LogP contribution in [0, 0.1) is 0 Å². The van der Waals surface area contributed by atoms with E-state index in [1.165, 1.54) is 6.21 Å². The molecule has 7 nitrogen and oxygen atoms in total. The SMILES string of the molecule is C=CCOc1ccc(/C=N/NC(=O)CNC(=O)CCCc2ccc(OC)cc2)cc1. The molecule has 0 aliphatic heterocycles. The lowest BCUT2D eigenvalue weighted by Crippen LogP contribution is -2.34. The monoisotopic (exact) mass is 409 g/mol. The molecule has 0 spiro atoms. The molecule has 0 saturated heterocycles.